The van der Waals surface area contributed by atoms with Crippen molar-refractivity contribution in [3.05, 3.63) is 23.3 Å². The Morgan fingerprint density at radius 3 is 3.00 bits per heavy atom. The Kier molecular flexibility index (Phi) is 2.37. The van der Waals surface area contributed by atoms with E-state index in [-0.39, 0.29) is 17.2 Å². The van der Waals surface area contributed by atoms with Gasteiger partial charge in [-0.2, -0.15) is 0 Å². The second-order valence-electron chi connectivity index (χ2n) is 6.60. The van der Waals surface area contributed by atoms with Crippen molar-refractivity contribution >= 4 is 5.78 Å². The van der Waals surface area contributed by atoms with E-state index in [4.69, 9.17) is 0 Å². The molecule has 0 amide bonds. The van der Waals surface area contributed by atoms with Crippen LogP contribution in [-0.2, 0) is 4.79 Å². The SMILES string of the molecule is O=C1CC=CC2=C1C[C@H]1NCC[C@@]23CCCC[C@@]13O. The molecular formula is C16H21NO2. The van der Waals surface area contributed by atoms with Gasteiger partial charge in [-0.15, -0.1) is 0 Å². The van der Waals surface area contributed by atoms with Crippen molar-refractivity contribution in [2.45, 2.75) is 56.6 Å². The van der Waals surface area contributed by atoms with Crippen molar-refractivity contribution in [1.82, 2.24) is 5.32 Å². The van der Waals surface area contributed by atoms with E-state index in [1.807, 2.05) is 6.08 Å². The van der Waals surface area contributed by atoms with Gasteiger partial charge in [-0.05, 0) is 37.8 Å². The minimum atomic E-state index is -0.635. The molecule has 3 heteroatoms. The topological polar surface area (TPSA) is 49.3 Å². The molecule has 1 saturated heterocycles. The Labute approximate surface area is 113 Å². The number of hydrogen-bond donors (Lipinski definition) is 2. The fourth-order valence-electron chi connectivity index (χ4n) is 5.03. The average molecular weight is 259 g/mol. The van der Waals surface area contributed by atoms with E-state index in [1.54, 1.807) is 0 Å². The number of Topliss-reactive ketones (excluding diaryl/α,β-unsaturated/α-hetero) is 1. The summed E-state index contributed by atoms with van der Waals surface area (Å²) >= 11 is 0. The van der Waals surface area contributed by atoms with Gasteiger partial charge in [-0.25, -0.2) is 0 Å². The molecule has 0 unspecified atom stereocenters. The molecule has 19 heavy (non-hydrogen) atoms. The number of ketones is 1. The van der Waals surface area contributed by atoms with Gasteiger partial charge in [-0.1, -0.05) is 25.0 Å². The number of carbonyl (C=O) groups excluding carboxylic acids is 1. The zero-order valence-corrected chi connectivity index (χ0v) is 11.2. The Morgan fingerprint density at radius 2 is 2.11 bits per heavy atom. The molecule has 4 rings (SSSR count). The van der Waals surface area contributed by atoms with Crippen molar-refractivity contribution in [2.75, 3.05) is 6.54 Å². The Hall–Kier alpha value is -0.930. The number of nitrogens with one attached hydrogen (secondary N) is 1. The van der Waals surface area contributed by atoms with Crippen LogP contribution in [0.5, 0.6) is 0 Å². The smallest absolute Gasteiger partial charge is 0.162 e. The van der Waals surface area contributed by atoms with Crippen molar-refractivity contribution in [3.63, 3.8) is 0 Å². The number of allylic oxidation sites excluding steroid dienone is 2. The molecule has 0 aromatic rings. The number of aliphatic hydroxyl groups is 1. The highest BCUT2D eigenvalue weighted by Gasteiger charge is 2.62. The van der Waals surface area contributed by atoms with Gasteiger partial charge < -0.3 is 10.4 Å². The maximum atomic E-state index is 12.2. The van der Waals surface area contributed by atoms with Crippen LogP contribution in [0.1, 0.15) is 44.9 Å². The molecule has 3 atom stereocenters. The maximum absolute atomic E-state index is 12.2. The van der Waals surface area contributed by atoms with E-state index in [2.05, 4.69) is 11.4 Å². The van der Waals surface area contributed by atoms with Crippen LogP contribution in [0, 0.1) is 5.41 Å². The third-order valence-corrected chi connectivity index (χ3v) is 5.93. The van der Waals surface area contributed by atoms with Gasteiger partial charge in [0.2, 0.25) is 0 Å². The maximum Gasteiger partial charge on any atom is 0.162 e. The Morgan fingerprint density at radius 1 is 1.26 bits per heavy atom. The minimum Gasteiger partial charge on any atom is -0.387 e. The van der Waals surface area contributed by atoms with Crippen molar-refractivity contribution in [3.8, 4) is 0 Å². The zero-order valence-electron chi connectivity index (χ0n) is 11.2. The van der Waals surface area contributed by atoms with Crippen LogP contribution < -0.4 is 5.32 Å². The summed E-state index contributed by atoms with van der Waals surface area (Å²) in [6.07, 6.45) is 10.6. The van der Waals surface area contributed by atoms with Crippen LogP contribution in [0.15, 0.2) is 23.3 Å². The third kappa shape index (κ3) is 1.33. The molecule has 2 bridgehead atoms. The standard InChI is InChI=1S/C16H21NO2/c18-13-5-3-4-12-11(13)10-14-16(19)7-2-1-6-15(12,16)8-9-17-14/h3-4,14,17,19H,1-2,5-10H2/t14-,15+,16-/m1/s1. The van der Waals surface area contributed by atoms with Crippen LogP contribution in [0.25, 0.3) is 0 Å². The van der Waals surface area contributed by atoms with Gasteiger partial charge in [0.1, 0.15) is 0 Å². The molecular weight excluding hydrogens is 238 g/mol. The lowest BCUT2D eigenvalue weighted by Crippen LogP contribution is -2.69. The summed E-state index contributed by atoms with van der Waals surface area (Å²) in [6, 6.07) is 0.0794. The Balaban J connectivity index is 1.94. The minimum absolute atomic E-state index is 0.0794. The number of rotatable bonds is 0. The second kappa shape index (κ2) is 3.80. The lowest BCUT2D eigenvalue weighted by atomic mass is 9.49. The van der Waals surface area contributed by atoms with Gasteiger partial charge in [0, 0.05) is 23.5 Å². The molecule has 2 fully saturated rings. The first-order valence-corrected chi connectivity index (χ1v) is 7.56. The Bertz CT molecular complexity index is 503. The van der Waals surface area contributed by atoms with Gasteiger partial charge in [0.15, 0.2) is 5.78 Å². The molecule has 102 valence electrons. The molecule has 3 nitrogen and oxygen atoms in total. The zero-order chi connectivity index (χ0) is 13.1. The predicted octanol–water partition coefficient (Wildman–Crippen LogP) is 1.87. The van der Waals surface area contributed by atoms with Gasteiger partial charge in [-0.3, -0.25) is 4.79 Å². The summed E-state index contributed by atoms with van der Waals surface area (Å²) in [4.78, 5) is 12.2. The normalized spacial score (nSPS) is 44.9. The van der Waals surface area contributed by atoms with E-state index >= 15 is 0 Å². The van der Waals surface area contributed by atoms with Gasteiger partial charge in [0.25, 0.3) is 0 Å². The molecule has 2 N–H and O–H groups in total. The average Bonchev–Trinajstić information content (AvgIpc) is 2.39. The lowest BCUT2D eigenvalue weighted by molar-refractivity contribution is -0.147. The molecule has 0 aromatic carbocycles. The monoisotopic (exact) mass is 259 g/mol. The van der Waals surface area contributed by atoms with Crippen molar-refractivity contribution in [2.24, 2.45) is 5.41 Å². The van der Waals surface area contributed by atoms with E-state index in [0.717, 1.165) is 44.2 Å². The fourth-order valence-corrected chi connectivity index (χ4v) is 5.03. The quantitative estimate of drug-likeness (QED) is 0.698. The summed E-state index contributed by atoms with van der Waals surface area (Å²) in [5.41, 5.74) is 1.40. The first-order valence-electron chi connectivity index (χ1n) is 7.56. The number of hydrogen-bond acceptors (Lipinski definition) is 3. The van der Waals surface area contributed by atoms with Crippen molar-refractivity contribution < 1.29 is 9.90 Å². The second-order valence-corrected chi connectivity index (χ2v) is 6.60. The fraction of sp³-hybridized carbons (Fsp3) is 0.688. The van der Waals surface area contributed by atoms with Gasteiger partial charge in [0.05, 0.1) is 5.60 Å². The predicted molar refractivity (Wildman–Crippen MR) is 72.7 cm³/mol. The molecule has 1 aliphatic heterocycles. The van der Waals surface area contributed by atoms with E-state index in [9.17, 15) is 9.90 Å². The molecule has 4 aliphatic rings. The highest BCUT2D eigenvalue weighted by molar-refractivity contribution is 5.99. The van der Waals surface area contributed by atoms with E-state index < -0.39 is 5.60 Å². The molecule has 3 aliphatic carbocycles. The van der Waals surface area contributed by atoms with E-state index in [1.165, 1.54) is 12.0 Å². The van der Waals surface area contributed by atoms with Crippen LogP contribution >= 0.6 is 0 Å². The summed E-state index contributed by atoms with van der Waals surface area (Å²) in [5, 5.41) is 14.8. The van der Waals surface area contributed by atoms with Gasteiger partial charge >= 0.3 is 0 Å². The number of carbonyl (C=O) groups is 1. The summed E-state index contributed by atoms with van der Waals surface area (Å²) in [6.45, 7) is 0.964. The summed E-state index contributed by atoms with van der Waals surface area (Å²) < 4.78 is 0. The van der Waals surface area contributed by atoms with Crippen LogP contribution in [0.2, 0.25) is 0 Å². The van der Waals surface area contributed by atoms with E-state index in [0.29, 0.717) is 6.42 Å². The van der Waals surface area contributed by atoms with Crippen LogP contribution in [0.3, 0.4) is 0 Å². The molecule has 0 radical (unpaired) electrons. The van der Waals surface area contributed by atoms with Crippen LogP contribution in [-0.4, -0.2) is 29.1 Å². The largest absolute Gasteiger partial charge is 0.387 e. The summed E-state index contributed by atoms with van der Waals surface area (Å²) in [7, 11) is 0. The first kappa shape index (κ1) is 11.9. The molecule has 0 spiro atoms. The lowest BCUT2D eigenvalue weighted by Gasteiger charge is -2.61. The highest BCUT2D eigenvalue weighted by Crippen LogP contribution is 2.60. The molecule has 1 heterocycles. The van der Waals surface area contributed by atoms with Crippen molar-refractivity contribution in [1.29, 1.82) is 0 Å². The first-order chi connectivity index (χ1) is 9.17. The highest BCUT2D eigenvalue weighted by atomic mass is 16.3. The molecule has 1 saturated carbocycles. The number of piperidine rings is 1. The van der Waals surface area contributed by atoms with Crippen LogP contribution in [0.4, 0.5) is 0 Å². The summed E-state index contributed by atoms with van der Waals surface area (Å²) in [5.74, 6) is 0.276. The molecule has 0 aromatic heterocycles. The third-order valence-electron chi connectivity index (χ3n) is 5.93.